The molecule has 1 fully saturated rings. The number of carbonyl (C=O) groups is 2. The average molecular weight is 324 g/mol. The van der Waals surface area contributed by atoms with E-state index in [1.165, 1.54) is 50.4 Å². The molecule has 1 saturated carbocycles. The quantitative estimate of drug-likeness (QED) is 0.757. The van der Waals surface area contributed by atoms with Gasteiger partial charge in [-0.15, -0.1) is 11.3 Å². The van der Waals surface area contributed by atoms with Crippen LogP contribution in [-0.2, 0) is 9.53 Å². The van der Waals surface area contributed by atoms with Gasteiger partial charge in [0.15, 0.2) is 0 Å². The van der Waals surface area contributed by atoms with Crippen molar-refractivity contribution in [3.63, 3.8) is 0 Å². The van der Waals surface area contributed by atoms with Crippen molar-refractivity contribution in [3.05, 3.63) is 17.0 Å². The molecule has 0 aromatic carbocycles. The lowest BCUT2D eigenvalue weighted by Gasteiger charge is -2.21. The third-order valence-electron chi connectivity index (χ3n) is 3.64. The zero-order chi connectivity index (χ0) is 15.8. The van der Waals surface area contributed by atoms with Crippen LogP contribution in [0.15, 0.2) is 12.1 Å². The van der Waals surface area contributed by atoms with E-state index in [9.17, 15) is 9.59 Å². The first-order chi connectivity index (χ1) is 10.6. The Morgan fingerprint density at radius 2 is 2.05 bits per heavy atom. The van der Waals surface area contributed by atoms with Crippen molar-refractivity contribution in [1.29, 1.82) is 0 Å². The molecule has 22 heavy (non-hydrogen) atoms. The van der Waals surface area contributed by atoms with Crippen LogP contribution in [0, 0.1) is 0 Å². The van der Waals surface area contributed by atoms with E-state index in [0.717, 1.165) is 6.42 Å². The summed E-state index contributed by atoms with van der Waals surface area (Å²) in [6.07, 6.45) is 7.47. The first kappa shape index (κ1) is 17.0. The molecule has 0 atom stereocenters. The Morgan fingerprint density at radius 3 is 2.77 bits per heavy atom. The molecule has 0 unspecified atom stereocenters. The summed E-state index contributed by atoms with van der Waals surface area (Å²) in [7, 11) is 0. The standard InChI is InChI=1S/C16H24N2O3S/c1-12(19)18-15-9-8-14(22-15)16(20)17-10-5-11-21-13-6-3-2-4-7-13/h8-9,13H,2-7,10-11H2,1H3,(H,17,20)(H,18,19). The minimum atomic E-state index is -0.131. The molecule has 1 aromatic rings. The van der Waals surface area contributed by atoms with Crippen LogP contribution in [-0.4, -0.2) is 31.1 Å². The van der Waals surface area contributed by atoms with Crippen LogP contribution in [0.1, 0.15) is 55.1 Å². The molecule has 0 bridgehead atoms. The number of nitrogens with one attached hydrogen (secondary N) is 2. The number of anilines is 1. The zero-order valence-electron chi connectivity index (χ0n) is 13.0. The molecule has 0 aliphatic heterocycles. The van der Waals surface area contributed by atoms with E-state index in [1.54, 1.807) is 12.1 Å². The normalized spacial score (nSPS) is 15.5. The van der Waals surface area contributed by atoms with Gasteiger partial charge in [0, 0.05) is 20.1 Å². The van der Waals surface area contributed by atoms with Crippen molar-refractivity contribution in [3.8, 4) is 0 Å². The summed E-state index contributed by atoms with van der Waals surface area (Å²) in [6.45, 7) is 2.76. The SMILES string of the molecule is CC(=O)Nc1ccc(C(=O)NCCCOC2CCCCC2)s1. The maximum atomic E-state index is 12.0. The van der Waals surface area contributed by atoms with Gasteiger partial charge in [0.2, 0.25) is 5.91 Å². The summed E-state index contributed by atoms with van der Waals surface area (Å²) in [5.41, 5.74) is 0. The topological polar surface area (TPSA) is 67.4 Å². The second-order valence-electron chi connectivity index (χ2n) is 5.59. The highest BCUT2D eigenvalue weighted by Crippen LogP contribution is 2.22. The van der Waals surface area contributed by atoms with Gasteiger partial charge in [0.1, 0.15) is 0 Å². The zero-order valence-corrected chi connectivity index (χ0v) is 13.8. The first-order valence-corrected chi connectivity index (χ1v) is 8.74. The van der Waals surface area contributed by atoms with E-state index in [2.05, 4.69) is 10.6 Å². The Hall–Kier alpha value is -1.40. The van der Waals surface area contributed by atoms with E-state index in [-0.39, 0.29) is 11.8 Å². The number of thiophene rings is 1. The molecule has 0 spiro atoms. The molecular weight excluding hydrogens is 300 g/mol. The van der Waals surface area contributed by atoms with Gasteiger partial charge in [0.25, 0.3) is 5.91 Å². The monoisotopic (exact) mass is 324 g/mol. The van der Waals surface area contributed by atoms with E-state index in [0.29, 0.717) is 29.1 Å². The van der Waals surface area contributed by atoms with Crippen LogP contribution in [0.5, 0.6) is 0 Å². The fourth-order valence-electron chi connectivity index (χ4n) is 2.54. The van der Waals surface area contributed by atoms with Gasteiger partial charge in [-0.25, -0.2) is 0 Å². The summed E-state index contributed by atoms with van der Waals surface area (Å²) in [5.74, 6) is -0.229. The van der Waals surface area contributed by atoms with Crippen LogP contribution >= 0.6 is 11.3 Å². The van der Waals surface area contributed by atoms with Crippen LogP contribution in [0.3, 0.4) is 0 Å². The molecule has 0 saturated heterocycles. The highest BCUT2D eigenvalue weighted by molar-refractivity contribution is 7.18. The highest BCUT2D eigenvalue weighted by Gasteiger charge is 2.13. The molecule has 1 aliphatic rings. The third-order valence-corrected chi connectivity index (χ3v) is 4.64. The molecule has 2 rings (SSSR count). The lowest BCUT2D eigenvalue weighted by molar-refractivity contribution is -0.114. The van der Waals surface area contributed by atoms with Crippen molar-refractivity contribution in [2.24, 2.45) is 0 Å². The van der Waals surface area contributed by atoms with E-state index in [4.69, 9.17) is 4.74 Å². The molecule has 5 nitrogen and oxygen atoms in total. The minimum Gasteiger partial charge on any atom is -0.378 e. The van der Waals surface area contributed by atoms with Gasteiger partial charge in [-0.3, -0.25) is 9.59 Å². The van der Waals surface area contributed by atoms with Gasteiger partial charge in [0.05, 0.1) is 16.0 Å². The molecule has 1 aromatic heterocycles. The fourth-order valence-corrected chi connectivity index (χ4v) is 3.41. The Labute approximate surface area is 135 Å². The molecule has 2 N–H and O–H groups in total. The van der Waals surface area contributed by atoms with Crippen molar-refractivity contribution in [2.45, 2.75) is 51.6 Å². The molecule has 0 radical (unpaired) electrons. The Balaban J connectivity index is 1.60. The van der Waals surface area contributed by atoms with E-state index < -0.39 is 0 Å². The predicted octanol–water partition coefficient (Wildman–Crippen LogP) is 3.18. The Kier molecular flexibility index (Phi) is 6.86. The number of ether oxygens (including phenoxy) is 1. The minimum absolute atomic E-state index is 0.0979. The van der Waals surface area contributed by atoms with Gasteiger partial charge in [-0.05, 0) is 31.4 Å². The summed E-state index contributed by atoms with van der Waals surface area (Å²) in [4.78, 5) is 23.5. The molecule has 2 amide bonds. The second kappa shape index (κ2) is 8.90. The summed E-state index contributed by atoms with van der Waals surface area (Å²) in [6, 6.07) is 3.47. The van der Waals surface area contributed by atoms with Crippen molar-refractivity contribution >= 4 is 28.2 Å². The molecule has 6 heteroatoms. The number of hydrogen-bond acceptors (Lipinski definition) is 4. The number of amides is 2. The van der Waals surface area contributed by atoms with Crippen molar-refractivity contribution < 1.29 is 14.3 Å². The van der Waals surface area contributed by atoms with Crippen LogP contribution in [0.25, 0.3) is 0 Å². The summed E-state index contributed by atoms with van der Waals surface area (Å²) < 4.78 is 5.82. The molecular formula is C16H24N2O3S. The number of rotatable bonds is 7. The average Bonchev–Trinajstić information content (AvgIpc) is 2.95. The maximum absolute atomic E-state index is 12.0. The van der Waals surface area contributed by atoms with Gasteiger partial charge >= 0.3 is 0 Å². The Morgan fingerprint density at radius 1 is 1.27 bits per heavy atom. The van der Waals surface area contributed by atoms with E-state index >= 15 is 0 Å². The second-order valence-corrected chi connectivity index (χ2v) is 6.67. The van der Waals surface area contributed by atoms with Crippen LogP contribution < -0.4 is 10.6 Å². The lowest BCUT2D eigenvalue weighted by atomic mass is 9.98. The van der Waals surface area contributed by atoms with Crippen LogP contribution in [0.2, 0.25) is 0 Å². The largest absolute Gasteiger partial charge is 0.378 e. The lowest BCUT2D eigenvalue weighted by Crippen LogP contribution is -2.25. The van der Waals surface area contributed by atoms with Crippen molar-refractivity contribution in [2.75, 3.05) is 18.5 Å². The molecule has 1 heterocycles. The van der Waals surface area contributed by atoms with Gasteiger partial charge in [-0.1, -0.05) is 19.3 Å². The summed E-state index contributed by atoms with van der Waals surface area (Å²) >= 11 is 1.28. The number of hydrogen-bond donors (Lipinski definition) is 2. The third kappa shape index (κ3) is 5.77. The number of carbonyl (C=O) groups excluding carboxylic acids is 2. The highest BCUT2D eigenvalue weighted by atomic mass is 32.1. The van der Waals surface area contributed by atoms with Crippen molar-refractivity contribution in [1.82, 2.24) is 5.32 Å². The molecule has 1 aliphatic carbocycles. The maximum Gasteiger partial charge on any atom is 0.261 e. The molecule has 122 valence electrons. The first-order valence-electron chi connectivity index (χ1n) is 7.92. The van der Waals surface area contributed by atoms with Gasteiger partial charge < -0.3 is 15.4 Å². The Bertz CT molecular complexity index is 495. The fraction of sp³-hybridized carbons (Fsp3) is 0.625. The summed E-state index contributed by atoms with van der Waals surface area (Å²) in [5, 5.41) is 6.25. The predicted molar refractivity (Wildman–Crippen MR) is 88.4 cm³/mol. The smallest absolute Gasteiger partial charge is 0.261 e. The van der Waals surface area contributed by atoms with E-state index in [1.807, 2.05) is 0 Å². The van der Waals surface area contributed by atoms with Crippen LogP contribution in [0.4, 0.5) is 5.00 Å². The van der Waals surface area contributed by atoms with Gasteiger partial charge in [-0.2, -0.15) is 0 Å².